The summed E-state index contributed by atoms with van der Waals surface area (Å²) in [5, 5.41) is 6.97. The summed E-state index contributed by atoms with van der Waals surface area (Å²) < 4.78 is 20.1. The number of fused-ring (bicyclic) bond motifs is 2. The minimum Gasteiger partial charge on any atom is -0.495 e. The summed E-state index contributed by atoms with van der Waals surface area (Å²) in [5.74, 6) is -0.495. The third-order valence-electron chi connectivity index (χ3n) is 6.76. The molecular weight excluding hydrogens is 515 g/mol. The zero-order valence-corrected chi connectivity index (χ0v) is 22.8. The summed E-state index contributed by atoms with van der Waals surface area (Å²) >= 11 is 0. The first-order chi connectivity index (χ1) is 19.2. The van der Waals surface area contributed by atoms with Crippen molar-refractivity contribution in [2.45, 2.75) is 19.8 Å². The fourth-order valence-corrected chi connectivity index (χ4v) is 4.95. The smallest absolute Gasteiger partial charge is 0.253 e. The maximum absolute atomic E-state index is 14.4. The molecule has 5 rings (SSSR count). The number of aryl methyl sites for hydroxylation is 2. The fraction of sp³-hybridized carbons (Fsp3) is 0.286. The van der Waals surface area contributed by atoms with E-state index in [2.05, 4.69) is 25.6 Å². The monoisotopic (exact) mass is 546 g/mol. The van der Waals surface area contributed by atoms with Crippen LogP contribution in [0.25, 0.3) is 11.0 Å². The molecule has 0 atom stereocenters. The average Bonchev–Trinajstić information content (AvgIpc) is 3.28. The predicted molar refractivity (Wildman–Crippen MR) is 152 cm³/mol. The molecule has 0 bridgehead atoms. The number of amides is 2. The van der Waals surface area contributed by atoms with Gasteiger partial charge in [0.1, 0.15) is 23.0 Å². The molecule has 0 fully saturated rings. The molecule has 0 saturated heterocycles. The van der Waals surface area contributed by atoms with Crippen molar-refractivity contribution in [2.75, 3.05) is 49.8 Å². The Hall–Kier alpha value is -4.71. The van der Waals surface area contributed by atoms with Gasteiger partial charge < -0.3 is 35.9 Å². The number of benzene rings is 2. The third kappa shape index (κ3) is 5.13. The van der Waals surface area contributed by atoms with E-state index in [1.165, 1.54) is 12.1 Å². The van der Waals surface area contributed by atoms with E-state index in [-0.39, 0.29) is 23.1 Å². The van der Waals surface area contributed by atoms with Crippen molar-refractivity contribution in [3.63, 3.8) is 0 Å². The number of nitrogens with zero attached hydrogens (tertiary/aromatic N) is 4. The summed E-state index contributed by atoms with van der Waals surface area (Å²) in [7, 11) is 5.30. The van der Waals surface area contributed by atoms with Gasteiger partial charge in [0.25, 0.3) is 5.91 Å². The number of halogens is 1. The lowest BCUT2D eigenvalue weighted by molar-refractivity contribution is -0.119. The van der Waals surface area contributed by atoms with Crippen LogP contribution in [0.15, 0.2) is 36.5 Å². The maximum Gasteiger partial charge on any atom is 0.253 e. The number of hydrogen-bond donors (Lipinski definition) is 4. The van der Waals surface area contributed by atoms with Crippen LogP contribution in [-0.2, 0) is 11.2 Å². The lowest BCUT2D eigenvalue weighted by atomic mass is 10.00. The number of H-pyrrole nitrogens is 1. The van der Waals surface area contributed by atoms with E-state index in [0.717, 1.165) is 29.7 Å². The Morgan fingerprint density at radius 2 is 2.00 bits per heavy atom. The van der Waals surface area contributed by atoms with Gasteiger partial charge in [-0.05, 0) is 69.3 Å². The first-order valence-electron chi connectivity index (χ1n) is 12.8. The summed E-state index contributed by atoms with van der Waals surface area (Å²) in [6, 6.07) is 8.00. The quantitative estimate of drug-likeness (QED) is 0.261. The number of nitrogens with two attached hydrogens (primary N) is 1. The maximum atomic E-state index is 14.4. The zero-order chi connectivity index (χ0) is 28.6. The minimum atomic E-state index is -0.901. The molecule has 208 valence electrons. The van der Waals surface area contributed by atoms with Gasteiger partial charge >= 0.3 is 0 Å². The van der Waals surface area contributed by atoms with Crippen LogP contribution in [0, 0.1) is 12.7 Å². The Kier molecular flexibility index (Phi) is 7.26. The molecule has 0 spiro atoms. The highest BCUT2D eigenvalue weighted by molar-refractivity contribution is 6.01. The number of aromatic nitrogens is 3. The van der Waals surface area contributed by atoms with Crippen LogP contribution >= 0.6 is 0 Å². The van der Waals surface area contributed by atoms with Crippen molar-refractivity contribution in [3.8, 4) is 5.75 Å². The van der Waals surface area contributed by atoms with Crippen molar-refractivity contribution in [1.29, 1.82) is 0 Å². The molecule has 0 saturated carbocycles. The Balaban J connectivity index is 1.56. The Morgan fingerprint density at radius 1 is 1.20 bits per heavy atom. The van der Waals surface area contributed by atoms with Crippen LogP contribution in [0.1, 0.15) is 27.9 Å². The Bertz CT molecular complexity index is 1620. The standard InChI is InChI=1S/C28H31FN8O3/c1-15-13-31-26-23(15)27(32-18-9-5-8-17(29)24(18)25(30)39)35-28(34-26)33-19-12-20-16(11-21(19)40-4)7-6-10-37(20)22(38)14-36(2)3/h5,8-9,11-13H,6-7,10,14H2,1-4H3,(H2,30,39)(H3,31,32,33,34,35). The highest BCUT2D eigenvalue weighted by Crippen LogP contribution is 2.38. The van der Waals surface area contributed by atoms with Gasteiger partial charge in [-0.2, -0.15) is 9.97 Å². The fourth-order valence-electron chi connectivity index (χ4n) is 4.95. The lowest BCUT2D eigenvalue weighted by Gasteiger charge is -2.31. The number of methoxy groups -OCH3 is 1. The van der Waals surface area contributed by atoms with Crippen LogP contribution in [0.4, 0.5) is 33.2 Å². The second-order valence-electron chi connectivity index (χ2n) is 9.94. The summed E-state index contributed by atoms with van der Waals surface area (Å²) in [4.78, 5) is 41.0. The molecule has 3 heterocycles. The topological polar surface area (TPSA) is 142 Å². The number of hydrogen-bond acceptors (Lipinski definition) is 8. The van der Waals surface area contributed by atoms with Crippen LogP contribution < -0.4 is 26.0 Å². The van der Waals surface area contributed by atoms with Crippen LogP contribution in [0.3, 0.4) is 0 Å². The molecule has 5 N–H and O–H groups in total. The second kappa shape index (κ2) is 10.8. The molecule has 0 aliphatic carbocycles. The second-order valence-corrected chi connectivity index (χ2v) is 9.94. The molecule has 0 unspecified atom stereocenters. The van der Waals surface area contributed by atoms with Crippen LogP contribution in [0.2, 0.25) is 0 Å². The molecule has 2 aromatic carbocycles. The van der Waals surface area contributed by atoms with Crippen molar-refractivity contribution in [1.82, 2.24) is 19.9 Å². The van der Waals surface area contributed by atoms with Crippen LogP contribution in [0.5, 0.6) is 5.75 Å². The first kappa shape index (κ1) is 26.9. The van der Waals surface area contributed by atoms with Crippen molar-refractivity contribution >= 4 is 51.7 Å². The largest absolute Gasteiger partial charge is 0.495 e. The van der Waals surface area contributed by atoms with Gasteiger partial charge in [0, 0.05) is 18.4 Å². The SMILES string of the molecule is COc1cc2c(cc1Nc1nc(Nc3cccc(F)c3C(N)=O)c3c(C)c[nH]c3n1)N(C(=O)CN(C)C)CCC2. The molecule has 11 nitrogen and oxygen atoms in total. The van der Waals surface area contributed by atoms with E-state index in [0.29, 0.717) is 41.4 Å². The molecule has 4 aromatic rings. The number of anilines is 5. The number of ether oxygens (including phenoxy) is 1. The zero-order valence-electron chi connectivity index (χ0n) is 22.8. The lowest BCUT2D eigenvalue weighted by Crippen LogP contribution is -2.40. The van der Waals surface area contributed by atoms with Gasteiger partial charge in [0.15, 0.2) is 0 Å². The van der Waals surface area contributed by atoms with Gasteiger partial charge in [-0.15, -0.1) is 0 Å². The minimum absolute atomic E-state index is 0.00781. The Labute approximate surface area is 230 Å². The number of likely N-dealkylation sites (N-methyl/N-ethyl adjacent to an activating group) is 1. The summed E-state index contributed by atoms with van der Waals surface area (Å²) in [5.41, 5.74) is 9.14. The molecule has 1 aliphatic rings. The third-order valence-corrected chi connectivity index (χ3v) is 6.76. The molecule has 12 heteroatoms. The van der Waals surface area contributed by atoms with E-state index >= 15 is 0 Å². The molecule has 1 aliphatic heterocycles. The number of carbonyl (C=O) groups excluding carboxylic acids is 2. The van der Waals surface area contributed by atoms with E-state index < -0.39 is 11.7 Å². The van der Waals surface area contributed by atoms with Gasteiger partial charge in [-0.3, -0.25) is 9.59 Å². The van der Waals surface area contributed by atoms with E-state index in [1.54, 1.807) is 24.3 Å². The first-order valence-corrected chi connectivity index (χ1v) is 12.8. The van der Waals surface area contributed by atoms with Crippen molar-refractivity contribution in [2.24, 2.45) is 5.73 Å². The van der Waals surface area contributed by atoms with E-state index in [4.69, 9.17) is 10.5 Å². The predicted octanol–water partition coefficient (Wildman–Crippen LogP) is 3.84. The highest BCUT2D eigenvalue weighted by atomic mass is 19.1. The normalized spacial score (nSPS) is 12.9. The van der Waals surface area contributed by atoms with Gasteiger partial charge in [0.05, 0.1) is 36.0 Å². The molecule has 40 heavy (non-hydrogen) atoms. The molecule has 2 amide bonds. The highest BCUT2D eigenvalue weighted by Gasteiger charge is 2.25. The number of carbonyl (C=O) groups is 2. The van der Waals surface area contributed by atoms with Crippen molar-refractivity contribution in [3.05, 3.63) is 59.0 Å². The van der Waals surface area contributed by atoms with Gasteiger partial charge in [-0.25, -0.2) is 4.39 Å². The molecular formula is C28H31FN8O3. The molecule has 0 radical (unpaired) electrons. The van der Waals surface area contributed by atoms with E-state index in [9.17, 15) is 14.0 Å². The summed E-state index contributed by atoms with van der Waals surface area (Å²) in [6.07, 6.45) is 3.46. The Morgan fingerprint density at radius 3 is 2.73 bits per heavy atom. The van der Waals surface area contributed by atoms with Crippen LogP contribution in [-0.4, -0.2) is 66.0 Å². The van der Waals surface area contributed by atoms with Gasteiger partial charge in [-0.1, -0.05) is 6.07 Å². The number of aromatic amines is 1. The number of nitrogens with one attached hydrogen (secondary N) is 3. The summed E-state index contributed by atoms with van der Waals surface area (Å²) in [6.45, 7) is 2.80. The van der Waals surface area contributed by atoms with E-state index in [1.807, 2.05) is 38.1 Å². The van der Waals surface area contributed by atoms with Gasteiger partial charge in [0.2, 0.25) is 11.9 Å². The molecule has 2 aromatic heterocycles. The number of rotatable bonds is 8. The number of primary amides is 1. The average molecular weight is 547 g/mol. The van der Waals surface area contributed by atoms with Crippen molar-refractivity contribution < 1.29 is 18.7 Å².